The summed E-state index contributed by atoms with van der Waals surface area (Å²) in [7, 11) is 0. The molecule has 0 aromatic carbocycles. The summed E-state index contributed by atoms with van der Waals surface area (Å²) < 4.78 is 0. The summed E-state index contributed by atoms with van der Waals surface area (Å²) in [5.41, 5.74) is 0.482. The summed E-state index contributed by atoms with van der Waals surface area (Å²) in [5, 5.41) is 3.20. The number of rotatable bonds is 5. The fourth-order valence-corrected chi connectivity index (χ4v) is 1.71. The number of carbonyl (C=O) groups excluding carboxylic acids is 1. The van der Waals surface area contributed by atoms with E-state index in [4.69, 9.17) is 11.6 Å². The maximum Gasteiger partial charge on any atom is 0.252 e. The average molecular weight is 245 g/mol. The van der Waals surface area contributed by atoms with Gasteiger partial charge < -0.3 is 5.32 Å². The lowest BCUT2D eigenvalue weighted by molar-refractivity contribution is 0.0954. The number of amides is 1. The standard InChI is InChI=1S/C10H13ClN2OS/c1-15-6-2-4-13-10(14)8-3-5-12-7-9(8)11/h3,5,7H,2,4,6H2,1H3,(H,13,14). The Kier molecular flexibility index (Phi) is 5.50. The first-order valence-electron chi connectivity index (χ1n) is 4.62. The molecule has 1 amide bonds. The smallest absolute Gasteiger partial charge is 0.252 e. The van der Waals surface area contributed by atoms with Crippen molar-refractivity contribution in [3.05, 3.63) is 29.0 Å². The average Bonchev–Trinajstić information content (AvgIpc) is 2.25. The van der Waals surface area contributed by atoms with E-state index in [2.05, 4.69) is 10.3 Å². The van der Waals surface area contributed by atoms with Crippen LogP contribution < -0.4 is 5.32 Å². The van der Waals surface area contributed by atoms with Crippen LogP contribution in [-0.2, 0) is 0 Å². The van der Waals surface area contributed by atoms with Gasteiger partial charge in [0.2, 0.25) is 0 Å². The molecule has 0 aliphatic carbocycles. The van der Waals surface area contributed by atoms with Gasteiger partial charge >= 0.3 is 0 Å². The van der Waals surface area contributed by atoms with Crippen molar-refractivity contribution >= 4 is 29.3 Å². The fraction of sp³-hybridized carbons (Fsp3) is 0.400. The Hall–Kier alpha value is -0.740. The van der Waals surface area contributed by atoms with E-state index in [1.807, 2.05) is 6.26 Å². The van der Waals surface area contributed by atoms with Crippen molar-refractivity contribution in [1.82, 2.24) is 10.3 Å². The van der Waals surface area contributed by atoms with Gasteiger partial charge in [-0.15, -0.1) is 0 Å². The first-order valence-corrected chi connectivity index (χ1v) is 6.39. The highest BCUT2D eigenvalue weighted by molar-refractivity contribution is 7.98. The third-order valence-electron chi connectivity index (χ3n) is 1.83. The molecule has 0 fully saturated rings. The Morgan fingerprint density at radius 1 is 1.67 bits per heavy atom. The summed E-state index contributed by atoms with van der Waals surface area (Å²) in [6.45, 7) is 0.679. The van der Waals surface area contributed by atoms with Crippen LogP contribution in [0.25, 0.3) is 0 Å². The van der Waals surface area contributed by atoms with Crippen molar-refractivity contribution in [3.63, 3.8) is 0 Å². The number of carbonyl (C=O) groups is 1. The van der Waals surface area contributed by atoms with Gasteiger partial charge in [-0.05, 0) is 24.5 Å². The van der Waals surface area contributed by atoms with Crippen LogP contribution in [0.5, 0.6) is 0 Å². The maximum absolute atomic E-state index is 11.6. The third-order valence-corrected chi connectivity index (χ3v) is 2.83. The van der Waals surface area contributed by atoms with E-state index < -0.39 is 0 Å². The van der Waals surface area contributed by atoms with E-state index in [0.717, 1.165) is 12.2 Å². The fourth-order valence-electron chi connectivity index (χ4n) is 1.07. The van der Waals surface area contributed by atoms with Crippen molar-refractivity contribution in [2.24, 2.45) is 0 Å². The van der Waals surface area contributed by atoms with E-state index in [1.54, 1.807) is 24.0 Å². The van der Waals surface area contributed by atoms with E-state index in [9.17, 15) is 4.79 Å². The van der Waals surface area contributed by atoms with Crippen molar-refractivity contribution in [3.8, 4) is 0 Å². The highest BCUT2D eigenvalue weighted by Gasteiger charge is 2.08. The minimum atomic E-state index is -0.136. The summed E-state index contributed by atoms with van der Waals surface area (Å²) >= 11 is 7.60. The Morgan fingerprint density at radius 3 is 3.13 bits per heavy atom. The second kappa shape index (κ2) is 6.69. The highest BCUT2D eigenvalue weighted by Crippen LogP contribution is 2.12. The van der Waals surface area contributed by atoms with Crippen LogP contribution in [0.3, 0.4) is 0 Å². The molecule has 1 heterocycles. The number of halogens is 1. The number of nitrogens with zero attached hydrogens (tertiary/aromatic N) is 1. The number of aromatic nitrogens is 1. The molecule has 0 unspecified atom stereocenters. The number of pyridine rings is 1. The number of hydrogen-bond acceptors (Lipinski definition) is 3. The van der Waals surface area contributed by atoms with Gasteiger partial charge in [-0.2, -0.15) is 11.8 Å². The molecule has 15 heavy (non-hydrogen) atoms. The van der Waals surface area contributed by atoms with Crippen molar-refractivity contribution in [1.29, 1.82) is 0 Å². The monoisotopic (exact) mass is 244 g/mol. The van der Waals surface area contributed by atoms with Gasteiger partial charge in [0.1, 0.15) is 0 Å². The van der Waals surface area contributed by atoms with Gasteiger partial charge in [0, 0.05) is 18.9 Å². The summed E-state index contributed by atoms with van der Waals surface area (Å²) in [6, 6.07) is 1.62. The third kappa shape index (κ3) is 4.10. The van der Waals surface area contributed by atoms with Crippen molar-refractivity contribution in [2.45, 2.75) is 6.42 Å². The van der Waals surface area contributed by atoms with E-state index in [0.29, 0.717) is 17.1 Å². The van der Waals surface area contributed by atoms with E-state index in [1.165, 1.54) is 6.20 Å². The van der Waals surface area contributed by atoms with Crippen LogP contribution in [0, 0.1) is 0 Å². The largest absolute Gasteiger partial charge is 0.352 e. The second-order valence-corrected chi connectivity index (χ2v) is 4.35. The molecule has 5 heteroatoms. The summed E-state index contributed by atoms with van der Waals surface area (Å²) in [6.07, 6.45) is 6.04. The zero-order chi connectivity index (χ0) is 11.1. The Morgan fingerprint density at radius 2 is 2.47 bits per heavy atom. The molecular formula is C10H13ClN2OS. The Labute approximate surface area is 98.6 Å². The molecule has 0 saturated carbocycles. The first-order chi connectivity index (χ1) is 7.25. The molecule has 82 valence electrons. The topological polar surface area (TPSA) is 42.0 Å². The minimum absolute atomic E-state index is 0.136. The molecule has 0 spiro atoms. The van der Waals surface area contributed by atoms with Gasteiger partial charge in [-0.1, -0.05) is 11.6 Å². The van der Waals surface area contributed by atoms with Gasteiger partial charge in [0.25, 0.3) is 5.91 Å². The van der Waals surface area contributed by atoms with Gasteiger partial charge in [-0.3, -0.25) is 9.78 Å². The van der Waals surface area contributed by atoms with Gasteiger partial charge in [0.15, 0.2) is 0 Å². The predicted octanol–water partition coefficient (Wildman–Crippen LogP) is 2.22. The quantitative estimate of drug-likeness (QED) is 0.808. The molecule has 1 aromatic heterocycles. The zero-order valence-corrected chi connectivity index (χ0v) is 10.1. The maximum atomic E-state index is 11.6. The Bertz CT molecular complexity index is 333. The van der Waals surface area contributed by atoms with E-state index >= 15 is 0 Å². The van der Waals surface area contributed by atoms with Crippen LogP contribution in [0.4, 0.5) is 0 Å². The zero-order valence-electron chi connectivity index (χ0n) is 8.50. The molecule has 1 rings (SSSR count). The van der Waals surface area contributed by atoms with Crippen LogP contribution in [0.2, 0.25) is 5.02 Å². The SMILES string of the molecule is CSCCCNC(=O)c1ccncc1Cl. The van der Waals surface area contributed by atoms with Crippen LogP contribution in [-0.4, -0.2) is 29.4 Å². The van der Waals surface area contributed by atoms with E-state index in [-0.39, 0.29) is 5.91 Å². The molecule has 0 radical (unpaired) electrons. The molecule has 0 aliphatic rings. The first kappa shape index (κ1) is 12.3. The number of nitrogens with one attached hydrogen (secondary N) is 1. The summed E-state index contributed by atoms with van der Waals surface area (Å²) in [4.78, 5) is 15.4. The van der Waals surface area contributed by atoms with Gasteiger partial charge in [-0.25, -0.2) is 0 Å². The lowest BCUT2D eigenvalue weighted by Gasteiger charge is -2.05. The van der Waals surface area contributed by atoms with Crippen LogP contribution in [0.1, 0.15) is 16.8 Å². The molecule has 0 aliphatic heterocycles. The molecule has 1 aromatic rings. The molecule has 1 N–H and O–H groups in total. The normalized spacial score (nSPS) is 10.0. The lowest BCUT2D eigenvalue weighted by Crippen LogP contribution is -2.25. The predicted molar refractivity (Wildman–Crippen MR) is 64.6 cm³/mol. The second-order valence-electron chi connectivity index (χ2n) is 2.96. The van der Waals surface area contributed by atoms with Crippen LogP contribution >= 0.6 is 23.4 Å². The summed E-state index contributed by atoms with van der Waals surface area (Å²) in [5.74, 6) is 0.910. The molecular weight excluding hydrogens is 232 g/mol. The number of hydrogen-bond donors (Lipinski definition) is 1. The van der Waals surface area contributed by atoms with Crippen molar-refractivity contribution < 1.29 is 4.79 Å². The van der Waals surface area contributed by atoms with Crippen LogP contribution in [0.15, 0.2) is 18.5 Å². The number of thioether (sulfide) groups is 1. The molecule has 0 atom stereocenters. The minimum Gasteiger partial charge on any atom is -0.352 e. The highest BCUT2D eigenvalue weighted by atomic mass is 35.5. The lowest BCUT2D eigenvalue weighted by atomic mass is 10.2. The molecule has 3 nitrogen and oxygen atoms in total. The molecule has 0 bridgehead atoms. The Balaban J connectivity index is 2.44. The van der Waals surface area contributed by atoms with Crippen molar-refractivity contribution in [2.75, 3.05) is 18.6 Å². The van der Waals surface area contributed by atoms with Gasteiger partial charge in [0.05, 0.1) is 10.6 Å². The molecule has 0 saturated heterocycles.